The SMILES string of the molecule is CNC(=O)c1cn([C@H]2CCNC2)nn1.Cl. The Hall–Kier alpha value is -1.14. The summed E-state index contributed by atoms with van der Waals surface area (Å²) in [4.78, 5) is 11.2. The first-order chi connectivity index (χ1) is 6.81. The topological polar surface area (TPSA) is 71.8 Å². The average molecular weight is 232 g/mol. The maximum Gasteiger partial charge on any atom is 0.273 e. The summed E-state index contributed by atoms with van der Waals surface area (Å²) in [5.41, 5.74) is 0.374. The average Bonchev–Trinajstić information content (AvgIpc) is 2.86. The molecule has 0 radical (unpaired) electrons. The van der Waals surface area contributed by atoms with Gasteiger partial charge in [0, 0.05) is 13.6 Å². The van der Waals surface area contributed by atoms with Crippen molar-refractivity contribution in [1.82, 2.24) is 25.6 Å². The smallest absolute Gasteiger partial charge is 0.273 e. The molecular formula is C8H14ClN5O. The zero-order valence-electron chi connectivity index (χ0n) is 8.43. The first-order valence-corrected chi connectivity index (χ1v) is 4.66. The van der Waals surface area contributed by atoms with E-state index in [9.17, 15) is 4.79 Å². The van der Waals surface area contributed by atoms with Crippen LogP contribution in [0.2, 0.25) is 0 Å². The molecule has 1 saturated heterocycles. The Morgan fingerprint density at radius 3 is 3.13 bits per heavy atom. The van der Waals surface area contributed by atoms with Gasteiger partial charge in [-0.15, -0.1) is 17.5 Å². The molecule has 1 atom stereocenters. The predicted octanol–water partition coefficient (Wildman–Crippen LogP) is -0.406. The Labute approximate surface area is 93.8 Å². The van der Waals surface area contributed by atoms with Gasteiger partial charge >= 0.3 is 0 Å². The summed E-state index contributed by atoms with van der Waals surface area (Å²) < 4.78 is 1.75. The molecule has 1 fully saturated rings. The Balaban J connectivity index is 0.00000112. The van der Waals surface area contributed by atoms with Crippen LogP contribution in [0.25, 0.3) is 0 Å². The van der Waals surface area contributed by atoms with Crippen molar-refractivity contribution in [3.8, 4) is 0 Å². The van der Waals surface area contributed by atoms with E-state index >= 15 is 0 Å². The summed E-state index contributed by atoms with van der Waals surface area (Å²) in [5, 5.41) is 13.5. The summed E-state index contributed by atoms with van der Waals surface area (Å²) in [6.07, 6.45) is 2.73. The molecule has 0 bridgehead atoms. The first-order valence-electron chi connectivity index (χ1n) is 4.66. The van der Waals surface area contributed by atoms with Crippen LogP contribution in [0.5, 0.6) is 0 Å². The normalized spacial score (nSPS) is 19.7. The lowest BCUT2D eigenvalue weighted by Crippen LogP contribution is -2.18. The molecule has 2 N–H and O–H groups in total. The predicted molar refractivity (Wildman–Crippen MR) is 57.2 cm³/mol. The van der Waals surface area contributed by atoms with E-state index in [4.69, 9.17) is 0 Å². The highest BCUT2D eigenvalue weighted by atomic mass is 35.5. The van der Waals surface area contributed by atoms with Gasteiger partial charge in [0.05, 0.1) is 12.2 Å². The van der Waals surface area contributed by atoms with Gasteiger partial charge in [0.1, 0.15) is 0 Å². The van der Waals surface area contributed by atoms with Gasteiger partial charge in [-0.3, -0.25) is 4.79 Å². The number of rotatable bonds is 2. The molecule has 1 aliphatic rings. The molecule has 2 rings (SSSR count). The molecule has 1 aromatic heterocycles. The van der Waals surface area contributed by atoms with E-state index in [2.05, 4.69) is 20.9 Å². The summed E-state index contributed by atoms with van der Waals surface area (Å²) in [5.74, 6) is -0.192. The molecule has 0 aliphatic carbocycles. The molecule has 1 amide bonds. The third-order valence-electron chi connectivity index (χ3n) is 2.38. The summed E-state index contributed by atoms with van der Waals surface area (Å²) in [7, 11) is 1.58. The molecule has 0 spiro atoms. The molecule has 0 unspecified atom stereocenters. The third kappa shape index (κ3) is 2.45. The number of carbonyl (C=O) groups is 1. The van der Waals surface area contributed by atoms with Gasteiger partial charge in [0.15, 0.2) is 5.69 Å². The van der Waals surface area contributed by atoms with Gasteiger partial charge in [-0.05, 0) is 13.0 Å². The third-order valence-corrected chi connectivity index (χ3v) is 2.38. The van der Waals surface area contributed by atoms with E-state index in [0.29, 0.717) is 11.7 Å². The van der Waals surface area contributed by atoms with E-state index in [1.807, 2.05) is 0 Å². The highest BCUT2D eigenvalue weighted by Crippen LogP contribution is 2.13. The standard InChI is InChI=1S/C8H13N5O.ClH/c1-9-8(14)7-5-13(12-11-7)6-2-3-10-4-6;/h5-6,10H,2-4H2,1H3,(H,9,14);1H/t6-;/m0./s1. The molecule has 2 heterocycles. The van der Waals surface area contributed by atoms with Gasteiger partial charge < -0.3 is 10.6 Å². The number of hydrogen-bond donors (Lipinski definition) is 2. The van der Waals surface area contributed by atoms with Crippen LogP contribution in [0, 0.1) is 0 Å². The van der Waals surface area contributed by atoms with Crippen LogP contribution >= 0.6 is 12.4 Å². The minimum absolute atomic E-state index is 0. The molecular weight excluding hydrogens is 218 g/mol. The quantitative estimate of drug-likeness (QED) is 0.726. The number of carbonyl (C=O) groups excluding carboxylic acids is 1. The van der Waals surface area contributed by atoms with Gasteiger partial charge in [-0.25, -0.2) is 4.68 Å². The van der Waals surface area contributed by atoms with Crippen molar-refractivity contribution in [2.24, 2.45) is 0 Å². The second-order valence-electron chi connectivity index (χ2n) is 3.31. The number of amides is 1. The number of aromatic nitrogens is 3. The number of hydrogen-bond acceptors (Lipinski definition) is 4. The van der Waals surface area contributed by atoms with Crippen molar-refractivity contribution in [1.29, 1.82) is 0 Å². The lowest BCUT2D eigenvalue weighted by molar-refractivity contribution is 0.0958. The van der Waals surface area contributed by atoms with E-state index in [1.165, 1.54) is 0 Å². The van der Waals surface area contributed by atoms with E-state index in [-0.39, 0.29) is 18.3 Å². The van der Waals surface area contributed by atoms with Crippen LogP contribution in [0.1, 0.15) is 23.0 Å². The molecule has 15 heavy (non-hydrogen) atoms. The second kappa shape index (κ2) is 5.09. The Morgan fingerprint density at radius 1 is 1.73 bits per heavy atom. The number of halogens is 1. The van der Waals surface area contributed by atoms with Crippen LogP contribution in [-0.2, 0) is 0 Å². The largest absolute Gasteiger partial charge is 0.354 e. The minimum atomic E-state index is -0.192. The molecule has 0 aromatic carbocycles. The fourth-order valence-corrected chi connectivity index (χ4v) is 1.55. The van der Waals surface area contributed by atoms with E-state index in [1.54, 1.807) is 17.9 Å². The van der Waals surface area contributed by atoms with Crippen LogP contribution in [-0.4, -0.2) is 41.0 Å². The van der Waals surface area contributed by atoms with Crippen molar-refractivity contribution < 1.29 is 4.79 Å². The molecule has 0 saturated carbocycles. The van der Waals surface area contributed by atoms with Crippen molar-refractivity contribution in [3.63, 3.8) is 0 Å². The van der Waals surface area contributed by atoms with Gasteiger partial charge in [0.25, 0.3) is 5.91 Å². The maximum atomic E-state index is 11.2. The number of nitrogens with one attached hydrogen (secondary N) is 2. The minimum Gasteiger partial charge on any atom is -0.354 e. The lowest BCUT2D eigenvalue weighted by atomic mass is 10.3. The molecule has 84 valence electrons. The van der Waals surface area contributed by atoms with Crippen molar-refractivity contribution >= 4 is 18.3 Å². The Kier molecular flexibility index (Phi) is 4.05. The summed E-state index contributed by atoms with van der Waals surface area (Å²) >= 11 is 0. The summed E-state index contributed by atoms with van der Waals surface area (Å²) in [6, 6.07) is 0.334. The second-order valence-corrected chi connectivity index (χ2v) is 3.31. The molecule has 7 heteroatoms. The zero-order valence-corrected chi connectivity index (χ0v) is 9.25. The van der Waals surface area contributed by atoms with Crippen LogP contribution < -0.4 is 10.6 Å². The fourth-order valence-electron chi connectivity index (χ4n) is 1.55. The van der Waals surface area contributed by atoms with Gasteiger partial charge in [0.2, 0.25) is 0 Å². The Morgan fingerprint density at radius 2 is 2.53 bits per heavy atom. The summed E-state index contributed by atoms with van der Waals surface area (Å²) in [6.45, 7) is 1.90. The van der Waals surface area contributed by atoms with Crippen molar-refractivity contribution in [3.05, 3.63) is 11.9 Å². The van der Waals surface area contributed by atoms with E-state index in [0.717, 1.165) is 19.5 Å². The monoisotopic (exact) mass is 231 g/mol. The maximum absolute atomic E-state index is 11.2. The van der Waals surface area contributed by atoms with Crippen LogP contribution in [0.4, 0.5) is 0 Å². The van der Waals surface area contributed by atoms with E-state index < -0.39 is 0 Å². The zero-order chi connectivity index (χ0) is 9.97. The van der Waals surface area contributed by atoms with Crippen LogP contribution in [0.15, 0.2) is 6.20 Å². The first kappa shape index (κ1) is 11.9. The van der Waals surface area contributed by atoms with Crippen molar-refractivity contribution in [2.45, 2.75) is 12.5 Å². The van der Waals surface area contributed by atoms with Gasteiger partial charge in [-0.1, -0.05) is 5.21 Å². The fraction of sp³-hybridized carbons (Fsp3) is 0.625. The van der Waals surface area contributed by atoms with Gasteiger partial charge in [-0.2, -0.15) is 0 Å². The highest BCUT2D eigenvalue weighted by Gasteiger charge is 2.19. The highest BCUT2D eigenvalue weighted by molar-refractivity contribution is 5.91. The number of nitrogens with zero attached hydrogens (tertiary/aromatic N) is 3. The van der Waals surface area contributed by atoms with Crippen LogP contribution in [0.3, 0.4) is 0 Å². The Bertz CT molecular complexity index is 334. The molecule has 6 nitrogen and oxygen atoms in total. The molecule has 1 aromatic rings. The molecule has 1 aliphatic heterocycles. The lowest BCUT2D eigenvalue weighted by Gasteiger charge is -2.05. The van der Waals surface area contributed by atoms with Crippen molar-refractivity contribution in [2.75, 3.05) is 20.1 Å².